The number of halogens is 1. The summed E-state index contributed by atoms with van der Waals surface area (Å²) >= 11 is 5.22. The van der Waals surface area contributed by atoms with Crippen LogP contribution in [-0.2, 0) is 0 Å². The number of methoxy groups -OCH3 is 1. The highest BCUT2D eigenvalue weighted by Gasteiger charge is 2.12. The van der Waals surface area contributed by atoms with Crippen LogP contribution in [0.4, 0.5) is 5.69 Å². The third-order valence-electron chi connectivity index (χ3n) is 4.15. The van der Waals surface area contributed by atoms with Crippen LogP contribution in [0.2, 0.25) is 0 Å². The van der Waals surface area contributed by atoms with Crippen LogP contribution in [0.1, 0.15) is 0 Å². The normalized spacial score (nSPS) is 11.6. The molecule has 0 aliphatic heterocycles. The molecule has 3 nitrogen and oxygen atoms in total. The summed E-state index contributed by atoms with van der Waals surface area (Å²) in [6.07, 6.45) is 0. The molecule has 0 N–H and O–H groups in total. The topological polar surface area (TPSA) is 26.5 Å². The lowest BCUT2D eigenvalue weighted by Crippen LogP contribution is -2.13. The van der Waals surface area contributed by atoms with Crippen molar-refractivity contribution in [3.05, 3.63) is 93.5 Å². The van der Waals surface area contributed by atoms with Crippen molar-refractivity contribution < 1.29 is 4.74 Å². The Morgan fingerprint density at radius 2 is 1.63 bits per heavy atom. The zero-order valence-electron chi connectivity index (χ0n) is 14.7. The number of rotatable bonds is 4. The predicted octanol–water partition coefficient (Wildman–Crippen LogP) is 6.21. The van der Waals surface area contributed by atoms with Crippen molar-refractivity contribution in [2.24, 2.45) is 4.99 Å². The van der Waals surface area contributed by atoms with Crippen molar-refractivity contribution in [3.63, 3.8) is 0 Å². The van der Waals surface area contributed by atoms with Gasteiger partial charge in [0.25, 0.3) is 0 Å². The highest BCUT2D eigenvalue weighted by atomic mass is 79.9. The molecule has 0 saturated heterocycles. The van der Waals surface area contributed by atoms with E-state index in [0.717, 1.165) is 37.7 Å². The van der Waals surface area contributed by atoms with E-state index in [9.17, 15) is 0 Å². The average molecular weight is 437 g/mol. The lowest BCUT2D eigenvalue weighted by atomic mass is 10.1. The molecule has 4 rings (SSSR count). The Morgan fingerprint density at radius 1 is 0.926 bits per heavy atom. The van der Waals surface area contributed by atoms with Crippen molar-refractivity contribution >= 4 is 33.0 Å². The molecular weight excluding hydrogens is 420 g/mol. The maximum absolute atomic E-state index is 5.37. The van der Waals surface area contributed by atoms with Gasteiger partial charge < -0.3 is 4.74 Å². The van der Waals surface area contributed by atoms with Gasteiger partial charge in [0.05, 0.1) is 23.0 Å². The van der Waals surface area contributed by atoms with Crippen molar-refractivity contribution in [2.45, 2.75) is 0 Å². The molecule has 0 aliphatic rings. The highest BCUT2D eigenvalue weighted by molar-refractivity contribution is 9.10. The van der Waals surface area contributed by atoms with Crippen molar-refractivity contribution in [3.8, 4) is 22.7 Å². The number of aromatic nitrogens is 1. The number of hydrogen-bond acceptors (Lipinski definition) is 3. The Hall–Kier alpha value is -2.63. The first kappa shape index (κ1) is 17.8. The standard InChI is InChI=1S/C22H17BrN2OS/c1-26-21-13-12-16(14-19(21)23)20-15-27-22(24-17-8-4-2-5-9-17)25(20)18-10-6-3-7-11-18/h2-15H,1H3. The monoisotopic (exact) mass is 436 g/mol. The first-order chi connectivity index (χ1) is 13.3. The fraction of sp³-hybridized carbons (Fsp3) is 0.0455. The molecule has 0 bridgehead atoms. The fourth-order valence-electron chi connectivity index (χ4n) is 2.86. The van der Waals surface area contributed by atoms with E-state index in [0.29, 0.717) is 0 Å². The molecule has 0 saturated carbocycles. The van der Waals surface area contributed by atoms with E-state index in [1.54, 1.807) is 18.4 Å². The summed E-state index contributed by atoms with van der Waals surface area (Å²) in [5.74, 6) is 0.814. The molecule has 0 spiro atoms. The minimum absolute atomic E-state index is 0.814. The molecule has 0 unspecified atom stereocenters. The Morgan fingerprint density at radius 3 is 2.30 bits per heavy atom. The van der Waals surface area contributed by atoms with Gasteiger partial charge >= 0.3 is 0 Å². The summed E-state index contributed by atoms with van der Waals surface area (Å²) in [6.45, 7) is 0. The van der Waals surface area contributed by atoms with Gasteiger partial charge in [-0.05, 0) is 58.4 Å². The van der Waals surface area contributed by atoms with Gasteiger partial charge in [-0.3, -0.25) is 4.57 Å². The second-order valence-electron chi connectivity index (χ2n) is 5.87. The maximum atomic E-state index is 5.37. The number of para-hydroxylation sites is 2. The fourth-order valence-corrected chi connectivity index (χ4v) is 4.32. The van der Waals surface area contributed by atoms with E-state index >= 15 is 0 Å². The van der Waals surface area contributed by atoms with E-state index in [-0.39, 0.29) is 0 Å². The summed E-state index contributed by atoms with van der Waals surface area (Å²) in [6, 6.07) is 26.4. The predicted molar refractivity (Wildman–Crippen MR) is 115 cm³/mol. The van der Waals surface area contributed by atoms with E-state index in [2.05, 4.69) is 50.1 Å². The smallest absolute Gasteiger partial charge is 0.195 e. The lowest BCUT2D eigenvalue weighted by Gasteiger charge is -2.11. The minimum Gasteiger partial charge on any atom is -0.496 e. The molecule has 5 heteroatoms. The van der Waals surface area contributed by atoms with E-state index in [1.165, 1.54) is 0 Å². The summed E-state index contributed by atoms with van der Waals surface area (Å²) < 4.78 is 8.48. The van der Waals surface area contributed by atoms with Gasteiger partial charge in [-0.2, -0.15) is 0 Å². The SMILES string of the molecule is COc1ccc(-c2csc(=Nc3ccccc3)n2-c2ccccc2)cc1Br. The molecular formula is C22H17BrN2OS. The summed E-state index contributed by atoms with van der Waals surface area (Å²) in [5, 5.41) is 2.14. The Balaban J connectivity index is 1.93. The van der Waals surface area contributed by atoms with Crippen LogP contribution in [0.5, 0.6) is 5.75 Å². The van der Waals surface area contributed by atoms with Crippen LogP contribution in [0.3, 0.4) is 0 Å². The van der Waals surface area contributed by atoms with E-state index < -0.39 is 0 Å². The van der Waals surface area contributed by atoms with Crippen LogP contribution in [0.15, 0.2) is 93.7 Å². The average Bonchev–Trinajstić information content (AvgIpc) is 3.13. The Labute approximate surface area is 170 Å². The van der Waals surface area contributed by atoms with Gasteiger partial charge in [0.2, 0.25) is 0 Å². The van der Waals surface area contributed by atoms with E-state index in [4.69, 9.17) is 9.73 Å². The van der Waals surface area contributed by atoms with Gasteiger partial charge in [-0.15, -0.1) is 11.3 Å². The molecule has 4 aromatic rings. The molecule has 0 aliphatic carbocycles. The first-order valence-corrected chi connectivity index (χ1v) is 10.1. The second-order valence-corrected chi connectivity index (χ2v) is 7.56. The molecule has 3 aromatic carbocycles. The maximum Gasteiger partial charge on any atom is 0.195 e. The molecule has 0 amide bonds. The molecule has 0 fully saturated rings. The molecule has 0 radical (unpaired) electrons. The molecule has 134 valence electrons. The number of thiazole rings is 1. The van der Waals surface area contributed by atoms with Crippen LogP contribution in [0.25, 0.3) is 16.9 Å². The van der Waals surface area contributed by atoms with Crippen LogP contribution in [0, 0.1) is 0 Å². The highest BCUT2D eigenvalue weighted by Crippen LogP contribution is 2.32. The summed E-state index contributed by atoms with van der Waals surface area (Å²) in [7, 11) is 1.67. The summed E-state index contributed by atoms with van der Waals surface area (Å²) in [5.41, 5.74) is 4.20. The largest absolute Gasteiger partial charge is 0.496 e. The summed E-state index contributed by atoms with van der Waals surface area (Å²) in [4.78, 5) is 5.79. The third kappa shape index (κ3) is 3.75. The van der Waals surface area contributed by atoms with Gasteiger partial charge in [-0.1, -0.05) is 36.4 Å². The molecule has 1 aromatic heterocycles. The second kappa shape index (κ2) is 7.94. The Bertz CT molecular complexity index is 1120. The number of ether oxygens (including phenoxy) is 1. The molecule has 1 heterocycles. The van der Waals surface area contributed by atoms with Gasteiger partial charge in [-0.25, -0.2) is 4.99 Å². The van der Waals surface area contributed by atoms with Crippen molar-refractivity contribution in [2.75, 3.05) is 7.11 Å². The van der Waals surface area contributed by atoms with Gasteiger partial charge in [0.1, 0.15) is 5.75 Å². The number of benzene rings is 3. The Kier molecular flexibility index (Phi) is 5.23. The van der Waals surface area contributed by atoms with Crippen LogP contribution in [-0.4, -0.2) is 11.7 Å². The zero-order valence-corrected chi connectivity index (χ0v) is 17.1. The van der Waals surface area contributed by atoms with Crippen LogP contribution >= 0.6 is 27.3 Å². The number of hydrogen-bond donors (Lipinski definition) is 0. The quantitative estimate of drug-likeness (QED) is 0.373. The minimum atomic E-state index is 0.814. The zero-order chi connectivity index (χ0) is 18.6. The van der Waals surface area contributed by atoms with E-state index in [1.807, 2.05) is 54.6 Å². The molecule has 27 heavy (non-hydrogen) atoms. The van der Waals surface area contributed by atoms with Gasteiger partial charge in [0, 0.05) is 16.6 Å². The van der Waals surface area contributed by atoms with Crippen molar-refractivity contribution in [1.29, 1.82) is 0 Å². The molecule has 0 atom stereocenters. The number of nitrogens with zero attached hydrogens (tertiary/aromatic N) is 2. The van der Waals surface area contributed by atoms with Gasteiger partial charge in [0.15, 0.2) is 4.80 Å². The van der Waals surface area contributed by atoms with Crippen LogP contribution < -0.4 is 9.54 Å². The first-order valence-electron chi connectivity index (χ1n) is 8.46. The third-order valence-corrected chi connectivity index (χ3v) is 5.60. The lowest BCUT2D eigenvalue weighted by molar-refractivity contribution is 0.412. The van der Waals surface area contributed by atoms with Crippen molar-refractivity contribution in [1.82, 2.24) is 4.57 Å².